The van der Waals surface area contributed by atoms with Crippen LogP contribution in [0.2, 0.25) is 0 Å². The maximum absolute atomic E-state index is 6.54. The Labute approximate surface area is 48.6 Å². The van der Waals surface area contributed by atoms with Crippen molar-refractivity contribution in [1.82, 2.24) is 5.32 Å². The molecule has 0 aromatic rings. The Kier molecular flexibility index (Phi) is 5.06. The van der Waals surface area contributed by atoms with Gasteiger partial charge < -0.3 is 10.7 Å². The van der Waals surface area contributed by atoms with E-state index in [9.17, 15) is 0 Å². The highest BCUT2D eigenvalue weighted by Gasteiger charge is 1.59. The summed E-state index contributed by atoms with van der Waals surface area (Å²) in [5.74, 6) is 0. The Morgan fingerprint density at radius 2 is 2.38 bits per heavy atom. The Hall–Kier alpha value is -1.12. The molecule has 0 aliphatic carbocycles. The molecular formula is C5H9N3. The molecule has 0 radical (unpaired) electrons. The summed E-state index contributed by atoms with van der Waals surface area (Å²) in [5.41, 5.74) is 0. The maximum Gasteiger partial charge on any atom is 0.0859 e. The second-order valence-corrected chi connectivity index (χ2v) is 1.08. The molecule has 3 heteroatoms. The van der Waals surface area contributed by atoms with Gasteiger partial charge >= 0.3 is 0 Å². The first-order valence-electron chi connectivity index (χ1n) is 2.24. The van der Waals surface area contributed by atoms with Crippen molar-refractivity contribution in [2.75, 3.05) is 7.05 Å². The fourth-order valence-electron chi connectivity index (χ4n) is 0.221. The van der Waals surface area contributed by atoms with Crippen LogP contribution in [0.3, 0.4) is 0 Å². The van der Waals surface area contributed by atoms with Crippen LogP contribution < -0.4 is 5.32 Å². The van der Waals surface area contributed by atoms with Crippen molar-refractivity contribution in [3.8, 4) is 0 Å². The number of aliphatic imine (C=N–C) groups is 1. The molecule has 2 N–H and O–H groups in total. The van der Waals surface area contributed by atoms with Gasteiger partial charge in [0.25, 0.3) is 0 Å². The van der Waals surface area contributed by atoms with E-state index in [1.807, 2.05) is 0 Å². The van der Waals surface area contributed by atoms with Gasteiger partial charge in [-0.2, -0.15) is 0 Å². The summed E-state index contributed by atoms with van der Waals surface area (Å²) in [5, 5.41) is 9.25. The number of nitrogens with zero attached hydrogens (tertiary/aromatic N) is 1. The van der Waals surface area contributed by atoms with E-state index in [-0.39, 0.29) is 0 Å². The van der Waals surface area contributed by atoms with Crippen molar-refractivity contribution in [3.63, 3.8) is 0 Å². The van der Waals surface area contributed by atoms with E-state index in [0.29, 0.717) is 0 Å². The molecule has 0 saturated carbocycles. The molecule has 0 atom stereocenters. The molecule has 0 amide bonds. The molecule has 44 valence electrons. The quantitative estimate of drug-likeness (QED) is 0.402. The second kappa shape index (κ2) is 5.88. The third kappa shape index (κ3) is 4.88. The zero-order chi connectivity index (χ0) is 6.24. The van der Waals surface area contributed by atoms with Crippen LogP contribution in [0.5, 0.6) is 0 Å². The number of rotatable bonds is 3. The van der Waals surface area contributed by atoms with Gasteiger partial charge in [0.15, 0.2) is 0 Å². The number of hydrogen-bond acceptors (Lipinski definition) is 2. The topological polar surface area (TPSA) is 48.2 Å². The van der Waals surface area contributed by atoms with E-state index >= 15 is 0 Å². The summed E-state index contributed by atoms with van der Waals surface area (Å²) >= 11 is 0. The van der Waals surface area contributed by atoms with Gasteiger partial charge in [0.05, 0.1) is 6.34 Å². The van der Waals surface area contributed by atoms with Gasteiger partial charge in [0.2, 0.25) is 0 Å². The molecule has 0 aliphatic rings. The lowest BCUT2D eigenvalue weighted by atomic mass is 10.7. The molecule has 0 spiro atoms. The average Bonchev–Trinajstić information content (AvgIpc) is 1.81. The van der Waals surface area contributed by atoms with E-state index in [2.05, 4.69) is 10.3 Å². The molecule has 0 unspecified atom stereocenters. The monoisotopic (exact) mass is 111 g/mol. The van der Waals surface area contributed by atoms with E-state index in [1.54, 1.807) is 25.7 Å². The molecule has 0 aromatic carbocycles. The van der Waals surface area contributed by atoms with E-state index in [0.717, 1.165) is 0 Å². The number of allylic oxidation sites excluding steroid dienone is 1. The summed E-state index contributed by atoms with van der Waals surface area (Å²) in [7, 11) is 1.67. The average molecular weight is 111 g/mol. The maximum atomic E-state index is 6.54. The molecule has 0 saturated heterocycles. The van der Waals surface area contributed by atoms with Crippen LogP contribution in [0.25, 0.3) is 0 Å². The van der Waals surface area contributed by atoms with Gasteiger partial charge in [0.1, 0.15) is 0 Å². The SMILES string of the molecule is CN=CN/C=C\C=N. The van der Waals surface area contributed by atoms with Crippen molar-refractivity contribution < 1.29 is 0 Å². The number of hydrogen-bond donors (Lipinski definition) is 2. The minimum Gasteiger partial charge on any atom is -0.353 e. The first-order chi connectivity index (χ1) is 3.91. The van der Waals surface area contributed by atoms with Crippen LogP contribution >= 0.6 is 0 Å². The fraction of sp³-hybridized carbons (Fsp3) is 0.200. The Balaban J connectivity index is 3.15. The Morgan fingerprint density at radius 1 is 1.62 bits per heavy atom. The summed E-state index contributed by atoms with van der Waals surface area (Å²) in [6.07, 6.45) is 5.93. The molecule has 0 heterocycles. The summed E-state index contributed by atoms with van der Waals surface area (Å²) in [6, 6.07) is 0. The highest BCUT2D eigenvalue weighted by Crippen LogP contribution is 1.55. The van der Waals surface area contributed by atoms with Crippen LogP contribution in [0.1, 0.15) is 0 Å². The number of nitrogens with one attached hydrogen (secondary N) is 2. The van der Waals surface area contributed by atoms with Crippen LogP contribution in [-0.4, -0.2) is 19.6 Å². The van der Waals surface area contributed by atoms with Crippen molar-refractivity contribution in [3.05, 3.63) is 12.3 Å². The molecular weight excluding hydrogens is 102 g/mol. The summed E-state index contributed by atoms with van der Waals surface area (Å²) < 4.78 is 0. The Bertz CT molecular complexity index is 104. The largest absolute Gasteiger partial charge is 0.353 e. The lowest BCUT2D eigenvalue weighted by molar-refractivity contribution is 1.28. The van der Waals surface area contributed by atoms with Gasteiger partial charge in [-0.1, -0.05) is 0 Å². The smallest absolute Gasteiger partial charge is 0.0859 e. The highest BCUT2D eigenvalue weighted by atomic mass is 14.9. The lowest BCUT2D eigenvalue weighted by Crippen LogP contribution is -1.98. The minimum absolute atomic E-state index is 1.19. The molecule has 3 nitrogen and oxygen atoms in total. The summed E-state index contributed by atoms with van der Waals surface area (Å²) in [4.78, 5) is 3.65. The normalized spacial score (nSPS) is 10.6. The van der Waals surface area contributed by atoms with Crippen LogP contribution in [0, 0.1) is 5.41 Å². The third-order valence-electron chi connectivity index (χ3n) is 0.492. The predicted molar refractivity (Wildman–Crippen MR) is 35.5 cm³/mol. The van der Waals surface area contributed by atoms with Gasteiger partial charge in [-0.05, 0) is 6.08 Å². The van der Waals surface area contributed by atoms with Crippen LogP contribution in [0.4, 0.5) is 0 Å². The van der Waals surface area contributed by atoms with Gasteiger partial charge in [0, 0.05) is 19.5 Å². The van der Waals surface area contributed by atoms with E-state index < -0.39 is 0 Å². The molecule has 0 fully saturated rings. The molecule has 8 heavy (non-hydrogen) atoms. The second-order valence-electron chi connectivity index (χ2n) is 1.08. The summed E-state index contributed by atoms with van der Waals surface area (Å²) in [6.45, 7) is 0. The first-order valence-corrected chi connectivity index (χ1v) is 2.24. The lowest BCUT2D eigenvalue weighted by Gasteiger charge is -1.81. The standard InChI is InChI=1S/C5H9N3/c1-7-5-8-4-2-3-6/h2-6H,1H3,(H,7,8)/b4-2-,6-3?. The Morgan fingerprint density at radius 3 is 2.88 bits per heavy atom. The van der Waals surface area contributed by atoms with Crippen LogP contribution in [0.15, 0.2) is 17.3 Å². The minimum atomic E-state index is 1.19. The molecule has 0 rings (SSSR count). The van der Waals surface area contributed by atoms with Crippen molar-refractivity contribution in [2.24, 2.45) is 4.99 Å². The van der Waals surface area contributed by atoms with Crippen molar-refractivity contribution in [1.29, 1.82) is 5.41 Å². The molecule has 0 aromatic heterocycles. The van der Waals surface area contributed by atoms with Gasteiger partial charge in [-0.3, -0.25) is 4.99 Å². The molecule has 0 aliphatic heterocycles. The third-order valence-corrected chi connectivity index (χ3v) is 0.492. The zero-order valence-corrected chi connectivity index (χ0v) is 4.76. The highest BCUT2D eigenvalue weighted by molar-refractivity contribution is 5.68. The first kappa shape index (κ1) is 6.88. The van der Waals surface area contributed by atoms with E-state index in [1.165, 1.54) is 6.21 Å². The predicted octanol–water partition coefficient (Wildman–Crippen LogP) is 0.397. The van der Waals surface area contributed by atoms with Crippen LogP contribution in [-0.2, 0) is 0 Å². The van der Waals surface area contributed by atoms with Crippen molar-refractivity contribution >= 4 is 12.6 Å². The fourth-order valence-corrected chi connectivity index (χ4v) is 0.221. The van der Waals surface area contributed by atoms with E-state index in [4.69, 9.17) is 5.41 Å². The van der Waals surface area contributed by atoms with Gasteiger partial charge in [-0.25, -0.2) is 0 Å². The molecule has 0 bridgehead atoms. The van der Waals surface area contributed by atoms with Gasteiger partial charge in [-0.15, -0.1) is 0 Å². The van der Waals surface area contributed by atoms with Crippen molar-refractivity contribution in [2.45, 2.75) is 0 Å². The zero-order valence-electron chi connectivity index (χ0n) is 4.76.